The lowest BCUT2D eigenvalue weighted by Crippen LogP contribution is -2.14. The van der Waals surface area contributed by atoms with Crippen molar-refractivity contribution >= 4 is 17.4 Å². The molecule has 0 aliphatic heterocycles. The van der Waals surface area contributed by atoms with E-state index in [0.717, 1.165) is 5.56 Å². The molecule has 0 heterocycles. The standard InChI is InChI=1S/C19H21NO4/c1-19(2,3)13-9-14(17(22)15(20)10-13)16(21)11-5-7-12(8-6-11)18(23)24-4/h5-10,22H,20H2,1-4H3. The van der Waals surface area contributed by atoms with Gasteiger partial charge in [-0.1, -0.05) is 32.9 Å². The number of benzene rings is 2. The lowest BCUT2D eigenvalue weighted by atomic mass is 9.84. The number of carbonyl (C=O) groups is 2. The summed E-state index contributed by atoms with van der Waals surface area (Å²) in [7, 11) is 1.29. The van der Waals surface area contributed by atoms with Crippen molar-refractivity contribution in [3.8, 4) is 5.75 Å². The molecule has 24 heavy (non-hydrogen) atoms. The van der Waals surface area contributed by atoms with Gasteiger partial charge < -0.3 is 15.6 Å². The quantitative estimate of drug-likeness (QED) is 0.391. The Kier molecular flexibility index (Phi) is 4.64. The van der Waals surface area contributed by atoms with Gasteiger partial charge >= 0.3 is 5.97 Å². The number of phenolic OH excluding ortho intramolecular Hbond substituents is 1. The first-order valence-corrected chi connectivity index (χ1v) is 7.51. The third kappa shape index (κ3) is 3.40. The highest BCUT2D eigenvalue weighted by Gasteiger charge is 2.22. The van der Waals surface area contributed by atoms with Crippen LogP contribution in [0.4, 0.5) is 5.69 Å². The number of esters is 1. The molecular formula is C19H21NO4. The van der Waals surface area contributed by atoms with Crippen molar-refractivity contribution in [3.63, 3.8) is 0 Å². The molecule has 0 amide bonds. The fourth-order valence-electron chi connectivity index (χ4n) is 2.29. The molecule has 126 valence electrons. The molecule has 0 unspecified atom stereocenters. The van der Waals surface area contributed by atoms with Crippen LogP contribution in [-0.2, 0) is 10.2 Å². The number of anilines is 1. The van der Waals surface area contributed by atoms with Gasteiger partial charge in [0.25, 0.3) is 0 Å². The maximum atomic E-state index is 12.7. The number of nitrogens with two attached hydrogens (primary N) is 1. The Morgan fingerprint density at radius 2 is 1.58 bits per heavy atom. The molecule has 0 spiro atoms. The molecule has 0 saturated carbocycles. The highest BCUT2D eigenvalue weighted by atomic mass is 16.5. The van der Waals surface area contributed by atoms with E-state index in [1.165, 1.54) is 31.4 Å². The van der Waals surface area contributed by atoms with E-state index in [1.54, 1.807) is 12.1 Å². The fraction of sp³-hybridized carbons (Fsp3) is 0.263. The van der Waals surface area contributed by atoms with Crippen LogP contribution in [0.15, 0.2) is 36.4 Å². The Labute approximate surface area is 141 Å². The summed E-state index contributed by atoms with van der Waals surface area (Å²) in [5.74, 6) is -1.07. The Bertz CT molecular complexity index is 786. The van der Waals surface area contributed by atoms with Crippen LogP contribution in [-0.4, -0.2) is 24.0 Å². The van der Waals surface area contributed by atoms with Crippen molar-refractivity contribution in [2.45, 2.75) is 26.2 Å². The molecule has 0 saturated heterocycles. The molecule has 2 aromatic rings. The average molecular weight is 327 g/mol. The summed E-state index contributed by atoms with van der Waals surface area (Å²) in [5.41, 5.74) is 7.50. The molecule has 2 rings (SSSR count). The molecule has 5 heteroatoms. The van der Waals surface area contributed by atoms with E-state index >= 15 is 0 Å². The van der Waals surface area contributed by atoms with Crippen molar-refractivity contribution in [2.24, 2.45) is 0 Å². The molecule has 5 nitrogen and oxygen atoms in total. The van der Waals surface area contributed by atoms with E-state index in [-0.39, 0.29) is 28.2 Å². The monoisotopic (exact) mass is 327 g/mol. The van der Waals surface area contributed by atoms with Gasteiger partial charge in [0, 0.05) is 5.56 Å². The van der Waals surface area contributed by atoms with Gasteiger partial charge in [-0.3, -0.25) is 4.79 Å². The van der Waals surface area contributed by atoms with Gasteiger partial charge in [0.2, 0.25) is 0 Å². The molecule has 0 aromatic heterocycles. The first kappa shape index (κ1) is 17.5. The normalized spacial score (nSPS) is 11.2. The molecule has 0 aliphatic rings. The van der Waals surface area contributed by atoms with E-state index < -0.39 is 5.97 Å². The maximum Gasteiger partial charge on any atom is 0.337 e. The number of ether oxygens (including phenoxy) is 1. The molecule has 0 atom stereocenters. The summed E-state index contributed by atoms with van der Waals surface area (Å²) in [6.07, 6.45) is 0. The zero-order valence-corrected chi connectivity index (χ0v) is 14.2. The van der Waals surface area contributed by atoms with Crippen molar-refractivity contribution in [1.29, 1.82) is 0 Å². The van der Waals surface area contributed by atoms with Crippen LogP contribution in [0.5, 0.6) is 5.75 Å². The fourth-order valence-corrected chi connectivity index (χ4v) is 2.29. The Balaban J connectivity index is 2.46. The second-order valence-corrected chi connectivity index (χ2v) is 6.61. The van der Waals surface area contributed by atoms with Crippen LogP contribution < -0.4 is 5.73 Å². The van der Waals surface area contributed by atoms with Gasteiger partial charge in [-0.15, -0.1) is 0 Å². The van der Waals surface area contributed by atoms with Gasteiger partial charge in [0.1, 0.15) is 5.75 Å². The van der Waals surface area contributed by atoms with Crippen LogP contribution in [0, 0.1) is 0 Å². The number of carbonyl (C=O) groups excluding carboxylic acids is 2. The van der Waals surface area contributed by atoms with Gasteiger partial charge in [-0.25, -0.2) is 4.79 Å². The van der Waals surface area contributed by atoms with Gasteiger partial charge in [-0.2, -0.15) is 0 Å². The van der Waals surface area contributed by atoms with Crippen molar-refractivity contribution in [1.82, 2.24) is 0 Å². The molecule has 0 bridgehead atoms. The Morgan fingerprint density at radius 1 is 1.04 bits per heavy atom. The summed E-state index contributed by atoms with van der Waals surface area (Å²) in [4.78, 5) is 24.2. The van der Waals surface area contributed by atoms with E-state index in [1.807, 2.05) is 20.8 Å². The van der Waals surface area contributed by atoms with Crippen molar-refractivity contribution in [2.75, 3.05) is 12.8 Å². The predicted octanol–water partition coefficient (Wildman–Crippen LogP) is 3.29. The maximum absolute atomic E-state index is 12.7. The summed E-state index contributed by atoms with van der Waals surface area (Å²) in [6, 6.07) is 9.39. The van der Waals surface area contributed by atoms with Crippen molar-refractivity contribution < 1.29 is 19.4 Å². The smallest absolute Gasteiger partial charge is 0.337 e. The van der Waals surface area contributed by atoms with Gasteiger partial charge in [0.15, 0.2) is 5.78 Å². The van der Waals surface area contributed by atoms with Gasteiger partial charge in [-0.05, 0) is 35.2 Å². The number of aromatic hydroxyl groups is 1. The van der Waals surface area contributed by atoms with Crippen LogP contribution in [0.25, 0.3) is 0 Å². The van der Waals surface area contributed by atoms with Crippen LogP contribution in [0.3, 0.4) is 0 Å². The number of phenols is 1. The number of rotatable bonds is 3. The largest absolute Gasteiger partial charge is 0.505 e. The third-order valence-corrected chi connectivity index (χ3v) is 3.82. The summed E-state index contributed by atoms with van der Waals surface area (Å²) in [5, 5.41) is 10.2. The molecule has 0 radical (unpaired) electrons. The second-order valence-electron chi connectivity index (χ2n) is 6.61. The molecule has 3 N–H and O–H groups in total. The van der Waals surface area contributed by atoms with E-state index in [9.17, 15) is 14.7 Å². The molecule has 0 fully saturated rings. The summed E-state index contributed by atoms with van der Waals surface area (Å²) in [6.45, 7) is 5.99. The number of methoxy groups -OCH3 is 1. The zero-order valence-electron chi connectivity index (χ0n) is 14.2. The minimum Gasteiger partial charge on any atom is -0.505 e. The zero-order chi connectivity index (χ0) is 18.1. The average Bonchev–Trinajstić information content (AvgIpc) is 2.55. The first-order valence-electron chi connectivity index (χ1n) is 7.51. The number of hydrogen-bond donors (Lipinski definition) is 2. The van der Waals surface area contributed by atoms with E-state index in [2.05, 4.69) is 4.74 Å². The van der Waals surface area contributed by atoms with E-state index in [4.69, 9.17) is 5.73 Å². The Morgan fingerprint density at radius 3 is 2.08 bits per heavy atom. The van der Waals surface area contributed by atoms with Crippen LogP contribution >= 0.6 is 0 Å². The van der Waals surface area contributed by atoms with Crippen LogP contribution in [0.1, 0.15) is 52.6 Å². The first-order chi connectivity index (χ1) is 11.1. The highest BCUT2D eigenvalue weighted by Crippen LogP contribution is 2.33. The number of nitrogen functional groups attached to an aromatic ring is 1. The van der Waals surface area contributed by atoms with Gasteiger partial charge in [0.05, 0.1) is 23.9 Å². The lowest BCUT2D eigenvalue weighted by Gasteiger charge is -2.21. The molecule has 2 aromatic carbocycles. The minimum absolute atomic E-state index is 0.144. The third-order valence-electron chi connectivity index (χ3n) is 3.82. The highest BCUT2D eigenvalue weighted by molar-refractivity contribution is 6.12. The summed E-state index contributed by atoms with van der Waals surface area (Å²) < 4.78 is 4.63. The minimum atomic E-state index is -0.476. The predicted molar refractivity (Wildman–Crippen MR) is 92.4 cm³/mol. The molecule has 0 aliphatic carbocycles. The topological polar surface area (TPSA) is 89.6 Å². The lowest BCUT2D eigenvalue weighted by molar-refractivity contribution is 0.0600. The second kappa shape index (κ2) is 6.35. The molecular weight excluding hydrogens is 306 g/mol. The number of hydrogen-bond acceptors (Lipinski definition) is 5. The van der Waals surface area contributed by atoms with E-state index in [0.29, 0.717) is 11.1 Å². The Hall–Kier alpha value is -2.82. The number of ketones is 1. The van der Waals surface area contributed by atoms with Crippen LogP contribution in [0.2, 0.25) is 0 Å². The SMILES string of the molecule is COC(=O)c1ccc(C(=O)c2cc(C(C)(C)C)cc(N)c2O)cc1. The summed E-state index contributed by atoms with van der Waals surface area (Å²) >= 11 is 0. The van der Waals surface area contributed by atoms with Crippen molar-refractivity contribution in [3.05, 3.63) is 58.7 Å².